The Labute approximate surface area is 133 Å². The van der Waals surface area contributed by atoms with Gasteiger partial charge < -0.3 is 0 Å². The lowest BCUT2D eigenvalue weighted by Crippen LogP contribution is -2.34. The fourth-order valence-corrected chi connectivity index (χ4v) is 4.35. The van der Waals surface area contributed by atoms with Crippen LogP contribution in [0.3, 0.4) is 0 Å². The highest BCUT2D eigenvalue weighted by molar-refractivity contribution is 9.10. The Bertz CT molecular complexity index is 529. The second-order valence-corrected chi connectivity index (χ2v) is 7.12. The van der Waals surface area contributed by atoms with E-state index in [1.54, 1.807) is 12.1 Å². The second kappa shape index (κ2) is 6.44. The molecule has 0 spiro atoms. The summed E-state index contributed by atoms with van der Waals surface area (Å²) in [7, 11) is 0. The van der Waals surface area contributed by atoms with Gasteiger partial charge >= 0.3 is 0 Å². The molecule has 5 heteroatoms. The lowest BCUT2D eigenvalue weighted by atomic mass is 9.96. The predicted molar refractivity (Wildman–Crippen MR) is 86.2 cm³/mol. The number of halogens is 1. The van der Waals surface area contributed by atoms with Crippen LogP contribution < -0.4 is 0 Å². The zero-order valence-electron chi connectivity index (χ0n) is 12.1. The minimum atomic E-state index is -0.313. The van der Waals surface area contributed by atoms with Crippen LogP contribution in [-0.4, -0.2) is 22.4 Å². The molecule has 4 nitrogen and oxygen atoms in total. The van der Waals surface area contributed by atoms with Crippen molar-refractivity contribution in [3.8, 4) is 0 Å². The van der Waals surface area contributed by atoms with E-state index in [-0.39, 0.29) is 10.6 Å². The van der Waals surface area contributed by atoms with Crippen LogP contribution in [0.5, 0.6) is 0 Å². The number of nitro benzene ring substituents is 1. The van der Waals surface area contributed by atoms with Crippen LogP contribution in [0.4, 0.5) is 5.69 Å². The predicted octanol–water partition coefficient (Wildman–Crippen LogP) is 4.51. The Hall–Kier alpha value is -0.940. The number of nitrogens with zero attached hydrogens (tertiary/aromatic N) is 2. The third-order valence-corrected chi connectivity index (χ3v) is 5.62. The maximum atomic E-state index is 11.0. The number of benzene rings is 1. The Balaban J connectivity index is 1.73. The fraction of sp³-hybridized carbons (Fsp3) is 0.625. The molecule has 1 unspecified atom stereocenters. The molecular weight excluding hydrogens is 332 g/mol. The van der Waals surface area contributed by atoms with Crippen LogP contribution >= 0.6 is 15.9 Å². The van der Waals surface area contributed by atoms with E-state index in [0.29, 0.717) is 10.5 Å². The first-order valence-corrected chi connectivity index (χ1v) is 8.61. The molecule has 0 amide bonds. The Morgan fingerprint density at radius 3 is 2.71 bits per heavy atom. The van der Waals surface area contributed by atoms with Gasteiger partial charge in [0.2, 0.25) is 0 Å². The lowest BCUT2D eigenvalue weighted by Gasteiger charge is -2.29. The van der Waals surface area contributed by atoms with Gasteiger partial charge in [-0.1, -0.05) is 18.9 Å². The van der Waals surface area contributed by atoms with Crippen molar-refractivity contribution in [1.29, 1.82) is 0 Å². The summed E-state index contributed by atoms with van der Waals surface area (Å²) in [5, 5.41) is 11.0. The average Bonchev–Trinajstić information content (AvgIpc) is 3.11. The SMILES string of the molecule is O=[N+]([O-])c1cc(CN2CCCC2C2CCCC2)ccc1Br. The van der Waals surface area contributed by atoms with E-state index < -0.39 is 0 Å². The summed E-state index contributed by atoms with van der Waals surface area (Å²) in [5.41, 5.74) is 1.22. The van der Waals surface area contributed by atoms with Gasteiger partial charge in [0.05, 0.1) is 9.40 Å². The van der Waals surface area contributed by atoms with Gasteiger partial charge in [-0.2, -0.15) is 0 Å². The molecule has 0 bridgehead atoms. The molecule has 1 aromatic carbocycles. The lowest BCUT2D eigenvalue weighted by molar-refractivity contribution is -0.385. The van der Waals surface area contributed by atoms with Crippen LogP contribution in [0.15, 0.2) is 22.7 Å². The van der Waals surface area contributed by atoms with Gasteiger partial charge in [-0.25, -0.2) is 0 Å². The van der Waals surface area contributed by atoms with Crippen molar-refractivity contribution in [2.45, 2.75) is 51.1 Å². The van der Waals surface area contributed by atoms with Gasteiger partial charge in [-0.3, -0.25) is 15.0 Å². The molecule has 1 aromatic rings. The van der Waals surface area contributed by atoms with Crippen molar-refractivity contribution in [3.63, 3.8) is 0 Å². The highest BCUT2D eigenvalue weighted by atomic mass is 79.9. The average molecular weight is 353 g/mol. The number of nitro groups is 1. The van der Waals surface area contributed by atoms with Crippen LogP contribution in [0.25, 0.3) is 0 Å². The second-order valence-electron chi connectivity index (χ2n) is 6.27. The molecule has 114 valence electrons. The van der Waals surface area contributed by atoms with Crippen molar-refractivity contribution < 1.29 is 4.92 Å². The van der Waals surface area contributed by atoms with Gasteiger partial charge in [-0.15, -0.1) is 0 Å². The zero-order chi connectivity index (χ0) is 14.8. The van der Waals surface area contributed by atoms with E-state index in [1.807, 2.05) is 6.07 Å². The quantitative estimate of drug-likeness (QED) is 0.591. The van der Waals surface area contributed by atoms with Crippen molar-refractivity contribution in [2.24, 2.45) is 5.92 Å². The van der Waals surface area contributed by atoms with E-state index in [4.69, 9.17) is 0 Å². The Kier molecular flexibility index (Phi) is 4.60. The first kappa shape index (κ1) is 15.0. The van der Waals surface area contributed by atoms with E-state index >= 15 is 0 Å². The summed E-state index contributed by atoms with van der Waals surface area (Å²) in [6, 6.07) is 6.21. The summed E-state index contributed by atoms with van der Waals surface area (Å²) in [6.45, 7) is 1.97. The van der Waals surface area contributed by atoms with Gasteiger partial charge in [0, 0.05) is 18.7 Å². The van der Waals surface area contributed by atoms with Crippen LogP contribution in [-0.2, 0) is 6.54 Å². The molecule has 1 saturated carbocycles. The van der Waals surface area contributed by atoms with Crippen LogP contribution in [0.2, 0.25) is 0 Å². The van der Waals surface area contributed by atoms with Crippen molar-refractivity contribution in [3.05, 3.63) is 38.3 Å². The molecule has 0 radical (unpaired) electrons. The fourth-order valence-electron chi connectivity index (χ4n) is 3.96. The summed E-state index contributed by atoms with van der Waals surface area (Å²) in [4.78, 5) is 13.3. The largest absolute Gasteiger partial charge is 0.296 e. The maximum Gasteiger partial charge on any atom is 0.283 e. The smallest absolute Gasteiger partial charge is 0.283 e. The van der Waals surface area contributed by atoms with Crippen molar-refractivity contribution in [2.75, 3.05) is 6.54 Å². The first-order chi connectivity index (χ1) is 10.1. The Morgan fingerprint density at radius 1 is 1.24 bits per heavy atom. The molecule has 1 aliphatic heterocycles. The number of hydrogen-bond donors (Lipinski definition) is 0. The topological polar surface area (TPSA) is 46.4 Å². The summed E-state index contributed by atoms with van der Waals surface area (Å²) in [6.07, 6.45) is 8.03. The number of rotatable bonds is 4. The maximum absolute atomic E-state index is 11.0. The molecule has 1 atom stereocenters. The third kappa shape index (κ3) is 3.29. The van der Waals surface area contributed by atoms with Crippen LogP contribution in [0, 0.1) is 16.0 Å². The molecular formula is C16H21BrN2O2. The Morgan fingerprint density at radius 2 is 2.00 bits per heavy atom. The molecule has 1 aliphatic carbocycles. The molecule has 1 saturated heterocycles. The molecule has 0 N–H and O–H groups in total. The first-order valence-electron chi connectivity index (χ1n) is 7.82. The third-order valence-electron chi connectivity index (χ3n) is 4.95. The van der Waals surface area contributed by atoms with E-state index in [1.165, 1.54) is 38.5 Å². The summed E-state index contributed by atoms with van der Waals surface area (Å²) < 4.78 is 0.560. The van der Waals surface area contributed by atoms with E-state index in [9.17, 15) is 10.1 Å². The highest BCUT2D eigenvalue weighted by Gasteiger charge is 2.33. The molecule has 1 heterocycles. The summed E-state index contributed by atoms with van der Waals surface area (Å²) >= 11 is 3.25. The molecule has 2 fully saturated rings. The van der Waals surface area contributed by atoms with Crippen molar-refractivity contribution >= 4 is 21.6 Å². The minimum absolute atomic E-state index is 0.170. The summed E-state index contributed by atoms with van der Waals surface area (Å²) in [5.74, 6) is 0.845. The van der Waals surface area contributed by atoms with Crippen molar-refractivity contribution in [1.82, 2.24) is 4.90 Å². The minimum Gasteiger partial charge on any atom is -0.296 e. The van der Waals surface area contributed by atoms with E-state index in [0.717, 1.165) is 24.6 Å². The molecule has 21 heavy (non-hydrogen) atoms. The molecule has 0 aromatic heterocycles. The van der Waals surface area contributed by atoms with Gasteiger partial charge in [0.25, 0.3) is 5.69 Å². The highest BCUT2D eigenvalue weighted by Crippen LogP contribution is 2.36. The standard InChI is InChI=1S/C16H21BrN2O2/c17-14-8-7-12(10-16(14)19(20)21)11-18-9-3-6-15(18)13-4-1-2-5-13/h7-8,10,13,15H,1-6,9,11H2. The normalized spacial score (nSPS) is 23.8. The molecule has 2 aliphatic rings. The van der Waals surface area contributed by atoms with E-state index in [2.05, 4.69) is 20.8 Å². The number of likely N-dealkylation sites (tertiary alicyclic amines) is 1. The monoisotopic (exact) mass is 352 g/mol. The number of hydrogen-bond acceptors (Lipinski definition) is 3. The molecule has 3 rings (SSSR count). The zero-order valence-corrected chi connectivity index (χ0v) is 13.7. The van der Waals surface area contributed by atoms with Crippen LogP contribution in [0.1, 0.15) is 44.1 Å². The van der Waals surface area contributed by atoms with Gasteiger partial charge in [-0.05, 0) is 65.7 Å². The van der Waals surface area contributed by atoms with Gasteiger partial charge in [0.1, 0.15) is 0 Å². The van der Waals surface area contributed by atoms with Gasteiger partial charge in [0.15, 0.2) is 0 Å².